The molecule has 2 rings (SSSR count). The normalized spacial score (nSPS) is 26.0. The van der Waals surface area contributed by atoms with E-state index in [-0.39, 0.29) is 0 Å². The maximum absolute atomic E-state index is 5.50. The van der Waals surface area contributed by atoms with Gasteiger partial charge in [-0.15, -0.1) is 0 Å². The number of nitrogens with one attached hydrogen (secondary N) is 2. The molecule has 0 bridgehead atoms. The van der Waals surface area contributed by atoms with Crippen molar-refractivity contribution in [3.05, 3.63) is 23.7 Å². The average molecular weight is 208 g/mol. The van der Waals surface area contributed by atoms with Crippen molar-refractivity contribution < 1.29 is 4.42 Å². The van der Waals surface area contributed by atoms with Crippen LogP contribution in [0.4, 0.5) is 0 Å². The Hall–Kier alpha value is -0.800. The Kier molecular flexibility index (Phi) is 3.12. The van der Waals surface area contributed by atoms with Crippen LogP contribution in [0.15, 0.2) is 16.5 Å². The first-order chi connectivity index (χ1) is 7.18. The molecule has 1 saturated heterocycles. The number of hydrogen-bond acceptors (Lipinski definition) is 3. The second-order valence-electron chi connectivity index (χ2n) is 4.85. The molecule has 0 amide bonds. The van der Waals surface area contributed by atoms with Gasteiger partial charge in [0.05, 0.1) is 6.54 Å². The molecule has 0 saturated carbocycles. The van der Waals surface area contributed by atoms with E-state index >= 15 is 0 Å². The van der Waals surface area contributed by atoms with Crippen LogP contribution in [0.2, 0.25) is 0 Å². The van der Waals surface area contributed by atoms with Crippen LogP contribution in [0, 0.1) is 12.3 Å². The van der Waals surface area contributed by atoms with Gasteiger partial charge in [0.25, 0.3) is 0 Å². The molecule has 1 aromatic rings. The molecule has 2 heterocycles. The summed E-state index contributed by atoms with van der Waals surface area (Å²) < 4.78 is 5.50. The maximum Gasteiger partial charge on any atom is 0.117 e. The molecule has 84 valence electrons. The molecule has 0 radical (unpaired) electrons. The van der Waals surface area contributed by atoms with E-state index in [0.717, 1.165) is 37.7 Å². The van der Waals surface area contributed by atoms with E-state index in [4.69, 9.17) is 4.42 Å². The lowest BCUT2D eigenvalue weighted by Gasteiger charge is -2.22. The number of hydrogen-bond donors (Lipinski definition) is 2. The van der Waals surface area contributed by atoms with Crippen molar-refractivity contribution in [1.29, 1.82) is 0 Å². The Morgan fingerprint density at radius 2 is 2.40 bits per heavy atom. The van der Waals surface area contributed by atoms with Crippen LogP contribution in [0.1, 0.15) is 24.9 Å². The van der Waals surface area contributed by atoms with Crippen LogP contribution in [-0.2, 0) is 6.54 Å². The molecule has 1 aliphatic rings. The van der Waals surface area contributed by atoms with Gasteiger partial charge in [-0.2, -0.15) is 0 Å². The largest absolute Gasteiger partial charge is 0.465 e. The fourth-order valence-electron chi connectivity index (χ4n) is 2.09. The van der Waals surface area contributed by atoms with Crippen LogP contribution in [0.5, 0.6) is 0 Å². The fraction of sp³-hybridized carbons (Fsp3) is 0.667. The van der Waals surface area contributed by atoms with Gasteiger partial charge >= 0.3 is 0 Å². The lowest BCUT2D eigenvalue weighted by molar-refractivity contribution is 0.330. The smallest absolute Gasteiger partial charge is 0.117 e. The van der Waals surface area contributed by atoms with E-state index in [2.05, 4.69) is 17.6 Å². The van der Waals surface area contributed by atoms with Gasteiger partial charge in [-0.25, -0.2) is 0 Å². The lowest BCUT2D eigenvalue weighted by Crippen LogP contribution is -2.33. The fourth-order valence-corrected chi connectivity index (χ4v) is 2.09. The van der Waals surface area contributed by atoms with Gasteiger partial charge < -0.3 is 15.1 Å². The highest BCUT2D eigenvalue weighted by molar-refractivity contribution is 5.05. The van der Waals surface area contributed by atoms with Gasteiger partial charge in [-0.3, -0.25) is 0 Å². The molecule has 0 spiro atoms. The summed E-state index contributed by atoms with van der Waals surface area (Å²) in [6.45, 7) is 8.47. The topological polar surface area (TPSA) is 37.2 Å². The minimum Gasteiger partial charge on any atom is -0.465 e. The summed E-state index contributed by atoms with van der Waals surface area (Å²) in [5.41, 5.74) is 0.418. The third-order valence-electron chi connectivity index (χ3n) is 3.10. The molecule has 3 nitrogen and oxygen atoms in total. The number of furan rings is 1. The Balaban J connectivity index is 1.75. The first-order valence-electron chi connectivity index (χ1n) is 5.65. The van der Waals surface area contributed by atoms with Gasteiger partial charge in [0.15, 0.2) is 0 Å². The lowest BCUT2D eigenvalue weighted by atomic mass is 9.90. The summed E-state index contributed by atoms with van der Waals surface area (Å²) in [6.07, 6.45) is 1.26. The van der Waals surface area contributed by atoms with Crippen LogP contribution >= 0.6 is 0 Å². The van der Waals surface area contributed by atoms with E-state index in [0.29, 0.717) is 5.41 Å². The van der Waals surface area contributed by atoms with E-state index < -0.39 is 0 Å². The third kappa shape index (κ3) is 2.83. The van der Waals surface area contributed by atoms with E-state index in [1.165, 1.54) is 6.42 Å². The maximum atomic E-state index is 5.50. The van der Waals surface area contributed by atoms with Gasteiger partial charge in [0, 0.05) is 13.1 Å². The monoisotopic (exact) mass is 208 g/mol. The summed E-state index contributed by atoms with van der Waals surface area (Å²) in [7, 11) is 0. The molecule has 2 N–H and O–H groups in total. The Morgan fingerprint density at radius 1 is 1.53 bits per heavy atom. The number of aryl methyl sites for hydroxylation is 1. The Morgan fingerprint density at radius 3 is 3.00 bits per heavy atom. The Labute approximate surface area is 91.2 Å². The second kappa shape index (κ2) is 4.37. The quantitative estimate of drug-likeness (QED) is 0.790. The first kappa shape index (κ1) is 10.7. The molecule has 0 aliphatic carbocycles. The summed E-state index contributed by atoms with van der Waals surface area (Å²) in [5.74, 6) is 2.02. The van der Waals surface area contributed by atoms with Gasteiger partial charge in [-0.1, -0.05) is 6.92 Å². The predicted octanol–water partition coefficient (Wildman–Crippen LogP) is 1.68. The molecule has 1 unspecified atom stereocenters. The summed E-state index contributed by atoms with van der Waals surface area (Å²) in [6, 6.07) is 4.05. The molecule has 0 aromatic carbocycles. The van der Waals surface area contributed by atoms with Crippen molar-refractivity contribution in [3.8, 4) is 0 Å². The zero-order chi connectivity index (χ0) is 10.7. The standard InChI is InChI=1S/C12H20N2O/c1-10-3-4-11(15-10)7-14-9-12(2)5-6-13-8-12/h3-4,13-14H,5-9H2,1-2H3. The summed E-state index contributed by atoms with van der Waals surface area (Å²) in [5, 5.41) is 6.87. The Bertz CT molecular complexity index is 313. The average Bonchev–Trinajstić information content (AvgIpc) is 2.76. The molecule has 1 atom stereocenters. The van der Waals surface area contributed by atoms with Gasteiger partial charge in [-0.05, 0) is 37.4 Å². The molecule has 3 heteroatoms. The summed E-state index contributed by atoms with van der Waals surface area (Å²) >= 11 is 0. The van der Waals surface area contributed by atoms with Crippen molar-refractivity contribution in [2.45, 2.75) is 26.8 Å². The van der Waals surface area contributed by atoms with Crippen molar-refractivity contribution in [1.82, 2.24) is 10.6 Å². The molecule has 1 aromatic heterocycles. The van der Waals surface area contributed by atoms with Gasteiger partial charge in [0.2, 0.25) is 0 Å². The summed E-state index contributed by atoms with van der Waals surface area (Å²) in [4.78, 5) is 0. The van der Waals surface area contributed by atoms with E-state index in [1.807, 2.05) is 19.1 Å². The highest BCUT2D eigenvalue weighted by Crippen LogP contribution is 2.23. The highest BCUT2D eigenvalue weighted by atomic mass is 16.3. The molecule has 1 fully saturated rings. The first-order valence-corrected chi connectivity index (χ1v) is 5.65. The van der Waals surface area contributed by atoms with E-state index in [9.17, 15) is 0 Å². The molecule has 15 heavy (non-hydrogen) atoms. The van der Waals surface area contributed by atoms with Crippen molar-refractivity contribution in [2.24, 2.45) is 5.41 Å². The van der Waals surface area contributed by atoms with E-state index in [1.54, 1.807) is 0 Å². The zero-order valence-corrected chi connectivity index (χ0v) is 9.60. The molecule has 1 aliphatic heterocycles. The van der Waals surface area contributed by atoms with Crippen LogP contribution in [-0.4, -0.2) is 19.6 Å². The minimum absolute atomic E-state index is 0.418. The van der Waals surface area contributed by atoms with Crippen LogP contribution in [0.25, 0.3) is 0 Å². The van der Waals surface area contributed by atoms with Crippen molar-refractivity contribution >= 4 is 0 Å². The third-order valence-corrected chi connectivity index (χ3v) is 3.10. The minimum atomic E-state index is 0.418. The van der Waals surface area contributed by atoms with Crippen molar-refractivity contribution in [3.63, 3.8) is 0 Å². The van der Waals surface area contributed by atoms with Crippen LogP contribution in [0.3, 0.4) is 0 Å². The van der Waals surface area contributed by atoms with Crippen LogP contribution < -0.4 is 10.6 Å². The molecular weight excluding hydrogens is 188 g/mol. The predicted molar refractivity (Wildman–Crippen MR) is 60.7 cm³/mol. The number of rotatable bonds is 4. The van der Waals surface area contributed by atoms with Gasteiger partial charge in [0.1, 0.15) is 11.5 Å². The SMILES string of the molecule is Cc1ccc(CNCC2(C)CCNC2)o1. The molecular formula is C12H20N2O. The second-order valence-corrected chi connectivity index (χ2v) is 4.85. The zero-order valence-electron chi connectivity index (χ0n) is 9.60. The van der Waals surface area contributed by atoms with Crippen molar-refractivity contribution in [2.75, 3.05) is 19.6 Å². The highest BCUT2D eigenvalue weighted by Gasteiger charge is 2.27.